The van der Waals surface area contributed by atoms with E-state index in [-0.39, 0.29) is 17.8 Å². The SMILES string of the molecule is NC(Cc1ccc(F)c(C(F)(F)F)c1)=NO. The number of hydrogen-bond acceptors (Lipinski definition) is 2. The predicted octanol–water partition coefficient (Wildman–Crippen LogP) is 2.13. The van der Waals surface area contributed by atoms with Crippen LogP contribution in [0.1, 0.15) is 11.1 Å². The maximum atomic E-state index is 12.9. The highest BCUT2D eigenvalue weighted by Gasteiger charge is 2.34. The van der Waals surface area contributed by atoms with Crippen molar-refractivity contribution in [1.82, 2.24) is 0 Å². The van der Waals surface area contributed by atoms with Crippen molar-refractivity contribution in [3.05, 3.63) is 35.1 Å². The summed E-state index contributed by atoms with van der Waals surface area (Å²) in [5.41, 5.74) is 3.88. The minimum Gasteiger partial charge on any atom is -0.409 e. The van der Waals surface area contributed by atoms with Gasteiger partial charge in [-0.05, 0) is 17.7 Å². The van der Waals surface area contributed by atoms with Crippen LogP contribution in [0.3, 0.4) is 0 Å². The second kappa shape index (κ2) is 4.38. The summed E-state index contributed by atoms with van der Waals surface area (Å²) in [6, 6.07) is 2.47. The highest BCUT2D eigenvalue weighted by molar-refractivity contribution is 5.82. The van der Waals surface area contributed by atoms with E-state index in [0.717, 1.165) is 6.07 Å². The van der Waals surface area contributed by atoms with Gasteiger partial charge in [0, 0.05) is 6.42 Å². The Bertz CT molecular complexity index is 414. The molecule has 0 aromatic heterocycles. The van der Waals surface area contributed by atoms with Crippen LogP contribution in [0.4, 0.5) is 17.6 Å². The molecule has 1 aromatic carbocycles. The normalized spacial score (nSPS) is 12.9. The van der Waals surface area contributed by atoms with Crippen molar-refractivity contribution in [2.24, 2.45) is 10.9 Å². The van der Waals surface area contributed by atoms with Gasteiger partial charge in [-0.1, -0.05) is 11.2 Å². The maximum absolute atomic E-state index is 12.9. The molecule has 0 unspecified atom stereocenters. The maximum Gasteiger partial charge on any atom is 0.419 e. The van der Waals surface area contributed by atoms with Crippen LogP contribution in [0.2, 0.25) is 0 Å². The Kier molecular flexibility index (Phi) is 3.36. The fraction of sp³-hybridized carbons (Fsp3) is 0.222. The summed E-state index contributed by atoms with van der Waals surface area (Å²) < 4.78 is 49.7. The first kappa shape index (κ1) is 12.3. The van der Waals surface area contributed by atoms with Crippen LogP contribution in [0.5, 0.6) is 0 Å². The van der Waals surface area contributed by atoms with E-state index in [1.54, 1.807) is 0 Å². The van der Waals surface area contributed by atoms with Gasteiger partial charge in [0.15, 0.2) is 0 Å². The van der Waals surface area contributed by atoms with E-state index in [2.05, 4.69) is 5.16 Å². The Labute approximate surface area is 88.2 Å². The molecule has 0 spiro atoms. The molecule has 0 atom stereocenters. The summed E-state index contributed by atoms with van der Waals surface area (Å²) in [5, 5.41) is 10.9. The Morgan fingerprint density at radius 2 is 2.00 bits per heavy atom. The lowest BCUT2D eigenvalue weighted by molar-refractivity contribution is -0.140. The highest BCUT2D eigenvalue weighted by Crippen LogP contribution is 2.31. The molecule has 0 aliphatic rings. The molecule has 1 aromatic rings. The van der Waals surface area contributed by atoms with Crippen molar-refractivity contribution >= 4 is 5.84 Å². The summed E-state index contributed by atoms with van der Waals surface area (Å²) in [6.07, 6.45) is -4.94. The molecule has 0 saturated carbocycles. The topological polar surface area (TPSA) is 58.6 Å². The number of hydrogen-bond donors (Lipinski definition) is 2. The number of nitrogens with zero attached hydrogens (tertiary/aromatic N) is 1. The number of rotatable bonds is 2. The van der Waals surface area contributed by atoms with Gasteiger partial charge in [0.1, 0.15) is 11.7 Å². The molecule has 0 aliphatic heterocycles. The first-order valence-corrected chi connectivity index (χ1v) is 4.16. The molecule has 0 aliphatic carbocycles. The van der Waals surface area contributed by atoms with E-state index in [9.17, 15) is 17.6 Å². The lowest BCUT2D eigenvalue weighted by Gasteiger charge is -2.09. The number of alkyl halides is 3. The van der Waals surface area contributed by atoms with Crippen molar-refractivity contribution in [3.8, 4) is 0 Å². The van der Waals surface area contributed by atoms with E-state index < -0.39 is 17.6 Å². The molecule has 0 bridgehead atoms. The van der Waals surface area contributed by atoms with Crippen molar-refractivity contribution < 1.29 is 22.8 Å². The van der Waals surface area contributed by atoms with E-state index in [1.165, 1.54) is 0 Å². The van der Waals surface area contributed by atoms with Gasteiger partial charge < -0.3 is 10.9 Å². The number of nitrogens with two attached hydrogens (primary N) is 1. The molecule has 3 nitrogen and oxygen atoms in total. The molecule has 1 rings (SSSR count). The molecule has 0 radical (unpaired) electrons. The zero-order chi connectivity index (χ0) is 12.3. The van der Waals surface area contributed by atoms with E-state index >= 15 is 0 Å². The Morgan fingerprint density at radius 1 is 1.38 bits per heavy atom. The third-order valence-electron chi connectivity index (χ3n) is 1.85. The number of oxime groups is 1. The number of halogens is 4. The van der Waals surface area contributed by atoms with Crippen LogP contribution in [0, 0.1) is 5.82 Å². The van der Waals surface area contributed by atoms with Gasteiger partial charge in [0.05, 0.1) is 5.56 Å². The van der Waals surface area contributed by atoms with Crippen LogP contribution < -0.4 is 5.73 Å². The van der Waals surface area contributed by atoms with Gasteiger partial charge in [-0.2, -0.15) is 13.2 Å². The molecule has 88 valence electrons. The molecule has 3 N–H and O–H groups in total. The predicted molar refractivity (Wildman–Crippen MR) is 48.5 cm³/mol. The van der Waals surface area contributed by atoms with E-state index in [0.29, 0.717) is 12.1 Å². The standard InChI is InChI=1S/C9H8F4N2O/c10-7-2-1-5(4-8(14)15-16)3-6(7)9(11,12)13/h1-3,16H,4H2,(H2,14,15). The van der Waals surface area contributed by atoms with Crippen LogP contribution in [0.15, 0.2) is 23.4 Å². The van der Waals surface area contributed by atoms with Crippen LogP contribution in [0.25, 0.3) is 0 Å². The largest absolute Gasteiger partial charge is 0.419 e. The molecule has 0 heterocycles. The van der Waals surface area contributed by atoms with Gasteiger partial charge in [-0.25, -0.2) is 4.39 Å². The molecule has 0 fully saturated rings. The van der Waals surface area contributed by atoms with Gasteiger partial charge in [-0.3, -0.25) is 0 Å². The first-order chi connectivity index (χ1) is 7.34. The third kappa shape index (κ3) is 2.85. The average Bonchev–Trinajstić information content (AvgIpc) is 2.19. The third-order valence-corrected chi connectivity index (χ3v) is 1.85. The number of benzene rings is 1. The van der Waals surface area contributed by atoms with Crippen LogP contribution >= 0.6 is 0 Å². The minimum absolute atomic E-state index is 0.115. The zero-order valence-electron chi connectivity index (χ0n) is 7.92. The second-order valence-corrected chi connectivity index (χ2v) is 3.08. The van der Waals surface area contributed by atoms with Crippen LogP contribution in [-0.4, -0.2) is 11.0 Å². The molecule has 0 saturated heterocycles. The monoisotopic (exact) mass is 236 g/mol. The zero-order valence-corrected chi connectivity index (χ0v) is 7.92. The number of amidine groups is 1. The Balaban J connectivity index is 3.08. The van der Waals surface area contributed by atoms with E-state index in [4.69, 9.17) is 10.9 Å². The smallest absolute Gasteiger partial charge is 0.409 e. The highest BCUT2D eigenvalue weighted by atomic mass is 19.4. The fourth-order valence-electron chi connectivity index (χ4n) is 1.14. The summed E-state index contributed by atoms with van der Waals surface area (Å²) in [7, 11) is 0. The molecule has 0 amide bonds. The Morgan fingerprint density at radius 3 is 2.50 bits per heavy atom. The average molecular weight is 236 g/mol. The Hall–Kier alpha value is -1.79. The lowest BCUT2D eigenvalue weighted by atomic mass is 10.1. The van der Waals surface area contributed by atoms with Crippen molar-refractivity contribution in [2.75, 3.05) is 0 Å². The van der Waals surface area contributed by atoms with Gasteiger partial charge >= 0.3 is 6.18 Å². The quantitative estimate of drug-likeness (QED) is 0.272. The van der Waals surface area contributed by atoms with Crippen LogP contribution in [-0.2, 0) is 12.6 Å². The van der Waals surface area contributed by atoms with Crippen molar-refractivity contribution in [1.29, 1.82) is 0 Å². The van der Waals surface area contributed by atoms with Crippen molar-refractivity contribution in [2.45, 2.75) is 12.6 Å². The molecular weight excluding hydrogens is 228 g/mol. The van der Waals surface area contributed by atoms with E-state index in [1.807, 2.05) is 0 Å². The summed E-state index contributed by atoms with van der Waals surface area (Å²) in [5.74, 6) is -1.60. The van der Waals surface area contributed by atoms with Crippen molar-refractivity contribution in [3.63, 3.8) is 0 Å². The fourth-order valence-corrected chi connectivity index (χ4v) is 1.14. The van der Waals surface area contributed by atoms with Gasteiger partial charge in [-0.15, -0.1) is 0 Å². The first-order valence-electron chi connectivity index (χ1n) is 4.16. The van der Waals surface area contributed by atoms with Gasteiger partial charge in [0.25, 0.3) is 0 Å². The summed E-state index contributed by atoms with van der Waals surface area (Å²) in [4.78, 5) is 0. The second-order valence-electron chi connectivity index (χ2n) is 3.08. The molecular formula is C9H8F4N2O. The minimum atomic E-state index is -4.76. The summed E-state index contributed by atoms with van der Waals surface area (Å²) >= 11 is 0. The van der Waals surface area contributed by atoms with Gasteiger partial charge in [0.2, 0.25) is 0 Å². The molecule has 16 heavy (non-hydrogen) atoms. The molecule has 7 heteroatoms. The summed E-state index contributed by atoms with van der Waals surface area (Å²) in [6.45, 7) is 0. The lowest BCUT2D eigenvalue weighted by Crippen LogP contribution is -2.16.